The summed E-state index contributed by atoms with van der Waals surface area (Å²) < 4.78 is 50.3. The molecule has 0 aliphatic rings. The van der Waals surface area contributed by atoms with Gasteiger partial charge in [0.05, 0.1) is 18.7 Å². The van der Waals surface area contributed by atoms with Crippen molar-refractivity contribution in [2.45, 2.75) is 64.5 Å². The van der Waals surface area contributed by atoms with Gasteiger partial charge in [-0.25, -0.2) is 37.1 Å². The van der Waals surface area contributed by atoms with E-state index in [1.165, 1.54) is 11.0 Å². The fourth-order valence-corrected chi connectivity index (χ4v) is 4.67. The van der Waals surface area contributed by atoms with Gasteiger partial charge in [-0.3, -0.25) is 9.25 Å². The van der Waals surface area contributed by atoms with E-state index in [9.17, 15) is 27.6 Å². The summed E-state index contributed by atoms with van der Waals surface area (Å²) in [5, 5.41) is 4.35. The van der Waals surface area contributed by atoms with Gasteiger partial charge in [0, 0.05) is 18.2 Å². The van der Waals surface area contributed by atoms with Crippen molar-refractivity contribution in [3.8, 4) is 0 Å². The van der Waals surface area contributed by atoms with E-state index in [0.29, 0.717) is 36.4 Å². The molecule has 0 amide bonds. The van der Waals surface area contributed by atoms with Gasteiger partial charge in [0.25, 0.3) is 0 Å². The quantitative estimate of drug-likeness (QED) is 0.153. The van der Waals surface area contributed by atoms with Crippen LogP contribution in [0.15, 0.2) is 57.5 Å². The topological polar surface area (TPSA) is 114 Å². The summed E-state index contributed by atoms with van der Waals surface area (Å²) in [6.45, 7) is 6.76. The lowest BCUT2D eigenvalue weighted by molar-refractivity contribution is 0.00693. The summed E-state index contributed by atoms with van der Waals surface area (Å²) in [5.41, 5.74) is -1.28. The first-order valence-corrected chi connectivity index (χ1v) is 14.0. The number of ether oxygens (including phenoxy) is 1. The van der Waals surface area contributed by atoms with E-state index < -0.39 is 46.9 Å². The number of nitrogens with zero attached hydrogens (tertiary/aromatic N) is 6. The van der Waals surface area contributed by atoms with Crippen LogP contribution in [0.2, 0.25) is 0 Å². The average molecular weight is 603 g/mol. The van der Waals surface area contributed by atoms with Gasteiger partial charge in [-0.15, -0.1) is 0 Å². The van der Waals surface area contributed by atoms with Crippen LogP contribution in [0.1, 0.15) is 55.0 Å². The van der Waals surface area contributed by atoms with Crippen LogP contribution < -0.4 is 11.4 Å². The number of aromatic nitrogens is 6. The molecule has 0 saturated carbocycles. The van der Waals surface area contributed by atoms with Crippen LogP contribution in [-0.4, -0.2) is 46.2 Å². The van der Waals surface area contributed by atoms with E-state index in [2.05, 4.69) is 15.1 Å². The average Bonchev–Trinajstić information content (AvgIpc) is 3.37. The van der Waals surface area contributed by atoms with Crippen LogP contribution in [0.4, 0.5) is 13.2 Å². The number of carbonyl (C=O) groups is 1. The molecule has 0 bridgehead atoms. The predicted octanol–water partition coefficient (Wildman–Crippen LogP) is 3.82. The Labute approximate surface area is 243 Å². The zero-order valence-corrected chi connectivity index (χ0v) is 24.3. The maximum atomic E-state index is 14.4. The molecule has 2 aromatic carbocycles. The van der Waals surface area contributed by atoms with Crippen molar-refractivity contribution in [1.29, 1.82) is 0 Å². The van der Waals surface area contributed by atoms with Crippen molar-refractivity contribution >= 4 is 17.7 Å². The first kappa shape index (κ1) is 30.8. The maximum absolute atomic E-state index is 14.4. The Morgan fingerprint density at radius 3 is 2.45 bits per heavy atom. The summed E-state index contributed by atoms with van der Waals surface area (Å²) >= 11 is 1.08. The van der Waals surface area contributed by atoms with Crippen molar-refractivity contribution in [2.75, 3.05) is 5.75 Å². The van der Waals surface area contributed by atoms with E-state index in [0.717, 1.165) is 26.5 Å². The molecule has 0 aliphatic heterocycles. The molecule has 0 fully saturated rings. The zero-order chi connectivity index (χ0) is 30.6. The molecular formula is C28H29F3N6O4S. The standard InChI is InChI=1S/C28H29F3N6O4S/c1-5-42-26-33-25(39)36(27(40)37(26)14-19-12-21(30)22(31)13-20(19)29)15-23-32-16-35(34-23)10-9-17-7-6-8-18(11-17)24(38)41-28(2,3)4/h6-8,11-13,16H,5,9-10,14-15H2,1-4H3. The molecular weight excluding hydrogens is 573 g/mol. The second-order valence-electron chi connectivity index (χ2n) is 10.3. The molecule has 0 saturated heterocycles. The largest absolute Gasteiger partial charge is 0.456 e. The number of halogens is 3. The van der Waals surface area contributed by atoms with E-state index >= 15 is 0 Å². The Hall–Kier alpha value is -4.20. The molecule has 4 aromatic rings. The normalized spacial score (nSPS) is 11.6. The molecule has 0 aliphatic carbocycles. The van der Waals surface area contributed by atoms with Crippen LogP contribution in [0.3, 0.4) is 0 Å². The van der Waals surface area contributed by atoms with Crippen molar-refractivity contribution in [3.05, 3.63) is 104 Å². The molecule has 0 spiro atoms. The molecule has 0 N–H and O–H groups in total. The lowest BCUT2D eigenvalue weighted by atomic mass is 10.1. The molecule has 2 aromatic heterocycles. The first-order valence-electron chi connectivity index (χ1n) is 13.0. The van der Waals surface area contributed by atoms with Gasteiger partial charge in [0.2, 0.25) is 0 Å². The minimum Gasteiger partial charge on any atom is -0.456 e. The number of carbonyl (C=O) groups excluding carboxylic acids is 1. The van der Waals surface area contributed by atoms with Gasteiger partial charge in [-0.2, -0.15) is 10.1 Å². The lowest BCUT2D eigenvalue weighted by Crippen LogP contribution is -2.43. The SMILES string of the molecule is CCSc1nc(=O)n(Cc2ncn(CCc3cccc(C(=O)OC(C)(C)C)c3)n2)c(=O)n1Cc1cc(F)c(F)cc1F. The highest BCUT2D eigenvalue weighted by Gasteiger charge is 2.19. The fraction of sp³-hybridized carbons (Fsp3) is 0.357. The molecule has 0 atom stereocenters. The molecule has 42 heavy (non-hydrogen) atoms. The highest BCUT2D eigenvalue weighted by molar-refractivity contribution is 7.99. The van der Waals surface area contributed by atoms with Gasteiger partial charge in [-0.1, -0.05) is 30.8 Å². The molecule has 0 radical (unpaired) electrons. The highest BCUT2D eigenvalue weighted by atomic mass is 32.2. The third-order valence-corrected chi connectivity index (χ3v) is 6.74. The summed E-state index contributed by atoms with van der Waals surface area (Å²) in [6, 6.07) is 8.11. The van der Waals surface area contributed by atoms with E-state index in [4.69, 9.17) is 4.74 Å². The van der Waals surface area contributed by atoms with Gasteiger partial charge in [0.1, 0.15) is 17.7 Å². The second-order valence-corrected chi connectivity index (χ2v) is 11.5. The van der Waals surface area contributed by atoms with E-state index in [1.807, 2.05) is 6.07 Å². The smallest absolute Gasteiger partial charge is 0.354 e. The third kappa shape index (κ3) is 7.55. The molecule has 222 valence electrons. The number of hydrogen-bond donors (Lipinski definition) is 0. The summed E-state index contributed by atoms with van der Waals surface area (Å²) in [7, 11) is 0. The van der Waals surface area contributed by atoms with Crippen LogP contribution in [0.5, 0.6) is 0 Å². The van der Waals surface area contributed by atoms with Gasteiger partial charge >= 0.3 is 17.3 Å². The Bertz CT molecular complexity index is 1730. The van der Waals surface area contributed by atoms with Gasteiger partial charge in [0.15, 0.2) is 22.6 Å². The van der Waals surface area contributed by atoms with E-state index in [-0.39, 0.29) is 23.1 Å². The summed E-state index contributed by atoms with van der Waals surface area (Å²) in [5.74, 6) is -3.48. The molecule has 0 unspecified atom stereocenters. The number of rotatable bonds is 10. The molecule has 2 heterocycles. The van der Waals surface area contributed by atoms with Gasteiger partial charge in [-0.05, 0) is 56.7 Å². The molecule has 4 rings (SSSR count). The number of hydrogen-bond acceptors (Lipinski definition) is 8. The predicted molar refractivity (Wildman–Crippen MR) is 149 cm³/mol. The Kier molecular flexibility index (Phi) is 9.34. The van der Waals surface area contributed by atoms with Crippen LogP contribution in [0.25, 0.3) is 0 Å². The van der Waals surface area contributed by atoms with Crippen LogP contribution in [-0.2, 0) is 30.8 Å². The fourth-order valence-electron chi connectivity index (χ4n) is 3.97. The lowest BCUT2D eigenvalue weighted by Gasteiger charge is -2.19. The number of esters is 1. The minimum absolute atomic E-state index is 0.0139. The Morgan fingerprint density at radius 2 is 1.74 bits per heavy atom. The minimum atomic E-state index is -1.35. The van der Waals surface area contributed by atoms with Crippen molar-refractivity contribution in [2.24, 2.45) is 0 Å². The summed E-state index contributed by atoms with van der Waals surface area (Å²) in [4.78, 5) is 46.6. The van der Waals surface area contributed by atoms with Crippen molar-refractivity contribution < 1.29 is 22.7 Å². The van der Waals surface area contributed by atoms with Crippen LogP contribution in [0, 0.1) is 17.5 Å². The van der Waals surface area contributed by atoms with E-state index in [1.54, 1.807) is 45.9 Å². The third-order valence-electron chi connectivity index (χ3n) is 5.88. The zero-order valence-electron chi connectivity index (χ0n) is 23.4. The number of aryl methyl sites for hydroxylation is 2. The first-order chi connectivity index (χ1) is 19.8. The van der Waals surface area contributed by atoms with Crippen LogP contribution >= 0.6 is 11.8 Å². The summed E-state index contributed by atoms with van der Waals surface area (Å²) in [6.07, 6.45) is 1.96. The van der Waals surface area contributed by atoms with Gasteiger partial charge < -0.3 is 4.74 Å². The Balaban J connectivity index is 1.52. The monoisotopic (exact) mass is 602 g/mol. The van der Waals surface area contributed by atoms with Crippen molar-refractivity contribution in [1.82, 2.24) is 28.9 Å². The second kappa shape index (κ2) is 12.8. The maximum Gasteiger partial charge on any atom is 0.354 e. The van der Waals surface area contributed by atoms with Crippen molar-refractivity contribution in [3.63, 3.8) is 0 Å². The molecule has 14 heteroatoms. The molecule has 10 nitrogen and oxygen atoms in total. The highest BCUT2D eigenvalue weighted by Crippen LogP contribution is 2.18. The Morgan fingerprint density at radius 1 is 1.00 bits per heavy atom. The number of benzene rings is 2. The number of thioether (sulfide) groups is 1.